The molecule has 0 bridgehead atoms. The number of hydrogen-bond donors (Lipinski definition) is 0. The van der Waals surface area contributed by atoms with Gasteiger partial charge in [-0.3, -0.25) is 0 Å². The minimum atomic E-state index is -0.905. The molecule has 0 rings (SSSR count). The summed E-state index contributed by atoms with van der Waals surface area (Å²) in [6.07, 6.45) is 36.8. The van der Waals surface area contributed by atoms with Gasteiger partial charge in [-0.1, -0.05) is 181 Å². The number of aliphatic carboxylic acids is 2. The van der Waals surface area contributed by atoms with Crippen molar-refractivity contribution < 1.29 is 58.8 Å². The molecule has 0 spiro atoms. The third-order valence-electron chi connectivity index (χ3n) is 7.47. The van der Waals surface area contributed by atoms with E-state index in [9.17, 15) is 19.8 Å². The van der Waals surface area contributed by atoms with Crippen molar-refractivity contribution in [3.63, 3.8) is 0 Å². The van der Waals surface area contributed by atoms with Crippen molar-refractivity contribution in [3.05, 3.63) is 0 Å². The molecule has 0 radical (unpaired) electrons. The Labute approximate surface area is 275 Å². The maximum Gasteiger partial charge on any atom is 2.00 e. The molecule has 40 heavy (non-hydrogen) atoms. The quantitative estimate of drug-likeness (QED) is 0.0564. The van der Waals surface area contributed by atoms with Gasteiger partial charge in [0.2, 0.25) is 0 Å². The van der Waals surface area contributed by atoms with E-state index in [4.69, 9.17) is 0 Å². The van der Waals surface area contributed by atoms with Gasteiger partial charge in [0.15, 0.2) is 0 Å². The van der Waals surface area contributed by atoms with Crippen LogP contribution in [-0.4, -0.2) is 11.9 Å². The molecule has 0 aromatic carbocycles. The van der Waals surface area contributed by atoms with Crippen LogP contribution in [-0.2, 0) is 48.5 Å². The van der Waals surface area contributed by atoms with Gasteiger partial charge < -0.3 is 19.8 Å². The average molecular weight is 670 g/mol. The largest absolute Gasteiger partial charge is 2.00 e. The Morgan fingerprint density at radius 2 is 0.475 bits per heavy atom. The summed E-state index contributed by atoms with van der Waals surface area (Å²) in [5.74, 6) is -1.81. The average Bonchev–Trinajstić information content (AvgIpc) is 2.89. The SMILES string of the molecule is CCCCCCCCCCCCCCCC(=O)[O-].CCCCCCCCCCCCCCCCCC(=O)[O-].[Zn+2].[Zn+2]. The van der Waals surface area contributed by atoms with Gasteiger partial charge in [-0.15, -0.1) is 0 Å². The second kappa shape index (κ2) is 43.6. The zero-order chi connectivity index (χ0) is 28.4. The number of rotatable bonds is 30. The summed E-state index contributed by atoms with van der Waals surface area (Å²) < 4.78 is 0. The zero-order valence-electron chi connectivity index (χ0n) is 27.3. The molecule has 0 heterocycles. The van der Waals surface area contributed by atoms with E-state index in [-0.39, 0.29) is 51.8 Å². The van der Waals surface area contributed by atoms with Crippen LogP contribution in [0.4, 0.5) is 0 Å². The number of unbranched alkanes of at least 4 members (excludes halogenated alkanes) is 26. The van der Waals surface area contributed by atoms with E-state index >= 15 is 0 Å². The van der Waals surface area contributed by atoms with Crippen LogP contribution in [0.15, 0.2) is 0 Å². The predicted octanol–water partition coefficient (Wildman–Crippen LogP) is 9.21. The van der Waals surface area contributed by atoms with Gasteiger partial charge in [0, 0.05) is 11.9 Å². The molecular formula is C34H66O4Zn2+2. The number of carbonyl (C=O) groups excluding carboxylic acids is 2. The Hall–Kier alpha value is 0.187. The molecule has 0 aromatic rings. The molecule has 0 aliphatic carbocycles. The number of carbonyl (C=O) groups is 2. The van der Waals surface area contributed by atoms with Crippen LogP contribution in [0.1, 0.15) is 206 Å². The molecule has 0 fully saturated rings. The first-order valence-corrected chi connectivity index (χ1v) is 16.9. The molecule has 0 amide bonds. The van der Waals surface area contributed by atoms with Gasteiger partial charge in [-0.25, -0.2) is 0 Å². The molecule has 228 valence electrons. The molecule has 0 unspecified atom stereocenters. The Morgan fingerprint density at radius 3 is 0.625 bits per heavy atom. The molecule has 4 nitrogen and oxygen atoms in total. The Balaban J connectivity index is -0.000000310. The molecule has 0 N–H and O–H groups in total. The van der Waals surface area contributed by atoms with E-state index in [0.29, 0.717) is 0 Å². The van der Waals surface area contributed by atoms with Crippen LogP contribution in [0.2, 0.25) is 0 Å². The third-order valence-corrected chi connectivity index (χ3v) is 7.47. The summed E-state index contributed by atoms with van der Waals surface area (Å²) in [7, 11) is 0. The Bertz CT molecular complexity index is 475. The molecular weight excluding hydrogens is 603 g/mol. The van der Waals surface area contributed by atoms with Gasteiger partial charge in [0.05, 0.1) is 0 Å². The Kier molecular flexibility index (Phi) is 51.4. The standard InChI is InChI=1S/C18H36O2.C16H32O2.2Zn/c1-2-3-4-5-6-7-8-9-10-11-12-13-14-15-16-17-18(19)20;1-2-3-4-5-6-7-8-9-10-11-12-13-14-15-16(17)18;;/h2-17H2,1H3,(H,19,20);2-15H2,1H3,(H,17,18);;/q;;2*+2/p-2. The minimum Gasteiger partial charge on any atom is -0.550 e. The van der Waals surface area contributed by atoms with E-state index in [1.165, 1.54) is 154 Å². The second-order valence-electron chi connectivity index (χ2n) is 11.4. The summed E-state index contributed by atoms with van der Waals surface area (Å²) in [5.41, 5.74) is 0. The van der Waals surface area contributed by atoms with Crippen molar-refractivity contribution in [2.45, 2.75) is 206 Å². The van der Waals surface area contributed by atoms with E-state index < -0.39 is 11.9 Å². The van der Waals surface area contributed by atoms with Crippen molar-refractivity contribution >= 4 is 11.9 Å². The first-order chi connectivity index (χ1) is 18.5. The fraction of sp³-hybridized carbons (Fsp3) is 0.941. The van der Waals surface area contributed by atoms with Crippen molar-refractivity contribution in [3.8, 4) is 0 Å². The van der Waals surface area contributed by atoms with Gasteiger partial charge in [-0.2, -0.15) is 0 Å². The third kappa shape index (κ3) is 51.0. The van der Waals surface area contributed by atoms with Crippen molar-refractivity contribution in [2.75, 3.05) is 0 Å². The summed E-state index contributed by atoms with van der Waals surface area (Å²) >= 11 is 0. The fourth-order valence-corrected chi connectivity index (χ4v) is 4.93. The monoisotopic (exact) mass is 666 g/mol. The van der Waals surface area contributed by atoms with Gasteiger partial charge in [0.25, 0.3) is 0 Å². The second-order valence-corrected chi connectivity index (χ2v) is 11.4. The first-order valence-electron chi connectivity index (χ1n) is 16.9. The Morgan fingerprint density at radius 1 is 0.325 bits per heavy atom. The van der Waals surface area contributed by atoms with Crippen LogP contribution < -0.4 is 10.2 Å². The summed E-state index contributed by atoms with van der Waals surface area (Å²) in [6.45, 7) is 4.52. The van der Waals surface area contributed by atoms with Gasteiger partial charge in [-0.05, 0) is 25.7 Å². The molecule has 6 heteroatoms. The topological polar surface area (TPSA) is 80.3 Å². The summed E-state index contributed by atoms with van der Waals surface area (Å²) in [4.78, 5) is 20.4. The number of carboxylic acid groups (broad SMARTS) is 2. The van der Waals surface area contributed by atoms with E-state index in [0.717, 1.165) is 25.7 Å². The summed E-state index contributed by atoms with van der Waals surface area (Å²) in [5, 5.41) is 20.4. The normalized spacial score (nSPS) is 10.2. The van der Waals surface area contributed by atoms with Crippen LogP contribution in [0.3, 0.4) is 0 Å². The van der Waals surface area contributed by atoms with Gasteiger partial charge in [0.1, 0.15) is 0 Å². The first kappa shape index (κ1) is 47.1. The fourth-order valence-electron chi connectivity index (χ4n) is 4.93. The zero-order valence-corrected chi connectivity index (χ0v) is 33.2. The van der Waals surface area contributed by atoms with E-state index in [1.54, 1.807) is 0 Å². The number of carboxylic acids is 2. The van der Waals surface area contributed by atoms with Crippen LogP contribution >= 0.6 is 0 Å². The smallest absolute Gasteiger partial charge is 0.550 e. The van der Waals surface area contributed by atoms with E-state index in [1.807, 2.05) is 0 Å². The molecule has 0 atom stereocenters. The van der Waals surface area contributed by atoms with Gasteiger partial charge >= 0.3 is 39.0 Å². The van der Waals surface area contributed by atoms with E-state index in [2.05, 4.69) is 13.8 Å². The molecule has 0 aromatic heterocycles. The molecule has 0 aliphatic rings. The van der Waals surface area contributed by atoms with Crippen molar-refractivity contribution in [1.82, 2.24) is 0 Å². The summed E-state index contributed by atoms with van der Waals surface area (Å²) in [6, 6.07) is 0. The van der Waals surface area contributed by atoms with Crippen LogP contribution in [0.5, 0.6) is 0 Å². The van der Waals surface area contributed by atoms with Crippen molar-refractivity contribution in [1.29, 1.82) is 0 Å². The molecule has 0 saturated heterocycles. The minimum absolute atomic E-state index is 0. The van der Waals surface area contributed by atoms with Crippen LogP contribution in [0.25, 0.3) is 0 Å². The van der Waals surface area contributed by atoms with Crippen molar-refractivity contribution in [2.24, 2.45) is 0 Å². The maximum atomic E-state index is 10.2. The predicted molar refractivity (Wildman–Crippen MR) is 160 cm³/mol. The van der Waals surface area contributed by atoms with Crippen LogP contribution in [0, 0.1) is 0 Å². The maximum absolute atomic E-state index is 10.2. The molecule has 0 saturated carbocycles. The number of hydrogen-bond acceptors (Lipinski definition) is 4. The molecule has 0 aliphatic heterocycles.